The van der Waals surface area contributed by atoms with Crippen molar-refractivity contribution in [3.05, 3.63) is 53.9 Å². The monoisotopic (exact) mass is 363 g/mol. The topological polar surface area (TPSA) is 67.2 Å². The Hall–Kier alpha value is -2.82. The lowest BCUT2D eigenvalue weighted by molar-refractivity contribution is 0.0697. The number of hydrogen-bond acceptors (Lipinski definition) is 3. The van der Waals surface area contributed by atoms with E-state index in [0.29, 0.717) is 17.7 Å². The minimum Gasteiger partial charge on any atom is -0.478 e. The van der Waals surface area contributed by atoms with Gasteiger partial charge in [-0.1, -0.05) is 13.8 Å². The molecule has 1 fully saturated rings. The van der Waals surface area contributed by atoms with Gasteiger partial charge in [-0.3, -0.25) is 0 Å². The highest BCUT2D eigenvalue weighted by Gasteiger charge is 2.26. The van der Waals surface area contributed by atoms with E-state index >= 15 is 0 Å². The van der Waals surface area contributed by atoms with Crippen LogP contribution in [-0.4, -0.2) is 20.6 Å². The van der Waals surface area contributed by atoms with Gasteiger partial charge < -0.3 is 15.0 Å². The molecule has 2 N–H and O–H groups in total. The van der Waals surface area contributed by atoms with Gasteiger partial charge >= 0.3 is 5.97 Å². The third-order valence-corrected chi connectivity index (χ3v) is 5.17. The Balaban J connectivity index is 1.59. The third-order valence-electron chi connectivity index (χ3n) is 5.17. The maximum Gasteiger partial charge on any atom is 0.339 e. The van der Waals surface area contributed by atoms with E-state index in [2.05, 4.69) is 47.0 Å². The highest BCUT2D eigenvalue weighted by molar-refractivity contribution is 5.94. The zero-order chi connectivity index (χ0) is 19.0. The fourth-order valence-electron chi connectivity index (χ4n) is 3.39. The molecule has 0 amide bonds. The zero-order valence-corrected chi connectivity index (χ0v) is 15.8. The number of carboxylic acids is 1. The lowest BCUT2D eigenvalue weighted by Crippen LogP contribution is -2.06. The largest absolute Gasteiger partial charge is 0.478 e. The number of carbonyl (C=O) groups is 1. The van der Waals surface area contributed by atoms with Gasteiger partial charge in [-0.05, 0) is 67.0 Å². The fraction of sp³-hybridized carbons (Fsp3) is 0.364. The Labute approximate surface area is 159 Å². The number of fused-ring (bicyclic) bond motifs is 1. The molecule has 1 aliphatic rings. The van der Waals surface area contributed by atoms with Crippen molar-refractivity contribution < 1.29 is 9.90 Å². The molecule has 0 radical (unpaired) electrons. The number of anilines is 2. The highest BCUT2D eigenvalue weighted by atomic mass is 16.4. The first kappa shape index (κ1) is 17.6. The quantitative estimate of drug-likeness (QED) is 0.590. The molecule has 0 saturated heterocycles. The van der Waals surface area contributed by atoms with Gasteiger partial charge in [-0.25, -0.2) is 9.78 Å². The normalized spacial score (nSPS) is 14.0. The molecular formula is C22H25N3O2. The van der Waals surface area contributed by atoms with Crippen LogP contribution in [0.5, 0.6) is 0 Å². The number of hydrogen-bond donors (Lipinski definition) is 2. The van der Waals surface area contributed by atoms with E-state index in [0.717, 1.165) is 42.4 Å². The zero-order valence-electron chi connectivity index (χ0n) is 15.8. The molecule has 0 bridgehead atoms. The molecule has 5 nitrogen and oxygen atoms in total. The van der Waals surface area contributed by atoms with Crippen molar-refractivity contribution in [2.75, 3.05) is 5.32 Å². The van der Waals surface area contributed by atoms with Gasteiger partial charge in [-0.15, -0.1) is 0 Å². The van der Waals surface area contributed by atoms with Crippen LogP contribution in [0.4, 0.5) is 11.5 Å². The van der Waals surface area contributed by atoms with Crippen molar-refractivity contribution in [1.82, 2.24) is 9.55 Å². The second-order valence-electron chi connectivity index (χ2n) is 7.83. The maximum absolute atomic E-state index is 11.7. The van der Waals surface area contributed by atoms with Crippen molar-refractivity contribution in [2.45, 2.75) is 45.6 Å². The predicted octanol–water partition coefficient (Wildman–Crippen LogP) is 5.40. The minimum absolute atomic E-state index is 0.231. The lowest BCUT2D eigenvalue weighted by Gasteiger charge is -2.11. The molecule has 0 spiro atoms. The van der Waals surface area contributed by atoms with Gasteiger partial charge in [0.25, 0.3) is 0 Å². The van der Waals surface area contributed by atoms with Crippen LogP contribution in [0.3, 0.4) is 0 Å². The summed E-state index contributed by atoms with van der Waals surface area (Å²) in [6.07, 6.45) is 7.30. The molecule has 1 aromatic carbocycles. The number of aromatic carboxylic acids is 1. The molecule has 0 atom stereocenters. The first-order valence-corrected chi connectivity index (χ1v) is 9.60. The van der Waals surface area contributed by atoms with Crippen molar-refractivity contribution in [3.63, 3.8) is 0 Å². The molecule has 4 rings (SSSR count). The van der Waals surface area contributed by atoms with Crippen LogP contribution < -0.4 is 5.32 Å². The number of rotatable bonds is 7. The number of aryl methyl sites for hydroxylation is 1. The van der Waals surface area contributed by atoms with Crippen LogP contribution in [0.1, 0.15) is 54.9 Å². The first-order chi connectivity index (χ1) is 13.0. The lowest BCUT2D eigenvalue weighted by atomic mass is 10.1. The number of nitrogens with one attached hydrogen (secondary N) is 1. The summed E-state index contributed by atoms with van der Waals surface area (Å²) in [6, 6.07) is 9.97. The summed E-state index contributed by atoms with van der Waals surface area (Å²) in [6.45, 7) is 5.46. The van der Waals surface area contributed by atoms with Crippen LogP contribution in [-0.2, 0) is 6.54 Å². The van der Waals surface area contributed by atoms with Crippen LogP contribution in [0.15, 0.2) is 42.7 Å². The molecule has 140 valence electrons. The summed E-state index contributed by atoms with van der Waals surface area (Å²) < 4.78 is 2.27. The van der Waals surface area contributed by atoms with E-state index in [9.17, 15) is 9.90 Å². The third kappa shape index (κ3) is 3.82. The van der Waals surface area contributed by atoms with Gasteiger partial charge in [-0.2, -0.15) is 0 Å². The number of carboxylic acid groups (broad SMARTS) is 1. The standard InChI is InChI=1S/C22H25N3O2/c1-14(2)7-9-25-10-8-16-11-18(5-6-20(16)25)24-21-19(22(26)27)12-17(13-23-21)15-3-4-15/h5-6,8,10-15H,3-4,7,9H2,1-2H3,(H,23,24)(H,26,27). The Morgan fingerprint density at radius 3 is 2.81 bits per heavy atom. The van der Waals surface area contributed by atoms with Crippen LogP contribution in [0.2, 0.25) is 0 Å². The first-order valence-electron chi connectivity index (χ1n) is 9.60. The van der Waals surface area contributed by atoms with Crippen LogP contribution in [0.25, 0.3) is 10.9 Å². The van der Waals surface area contributed by atoms with Gasteiger partial charge in [0.15, 0.2) is 0 Å². The van der Waals surface area contributed by atoms with Gasteiger partial charge in [0, 0.05) is 35.5 Å². The van der Waals surface area contributed by atoms with Crippen molar-refractivity contribution in [2.24, 2.45) is 5.92 Å². The smallest absolute Gasteiger partial charge is 0.339 e. The fourth-order valence-corrected chi connectivity index (χ4v) is 3.39. The highest BCUT2D eigenvalue weighted by Crippen LogP contribution is 2.40. The van der Waals surface area contributed by atoms with Gasteiger partial charge in [0.1, 0.15) is 11.4 Å². The Kier molecular flexibility index (Phi) is 4.60. The molecule has 0 aliphatic heterocycles. The van der Waals surface area contributed by atoms with E-state index in [1.54, 1.807) is 12.3 Å². The summed E-state index contributed by atoms with van der Waals surface area (Å²) in [5, 5.41) is 13.9. The molecule has 5 heteroatoms. The summed E-state index contributed by atoms with van der Waals surface area (Å²) in [5.74, 6) is 0.591. The summed E-state index contributed by atoms with van der Waals surface area (Å²) in [5.41, 5.74) is 3.29. The van der Waals surface area contributed by atoms with E-state index in [4.69, 9.17) is 0 Å². The van der Waals surface area contributed by atoms with Crippen molar-refractivity contribution in [1.29, 1.82) is 0 Å². The van der Waals surface area contributed by atoms with E-state index in [1.807, 2.05) is 12.1 Å². The molecular weight excluding hydrogens is 338 g/mol. The van der Waals surface area contributed by atoms with Gasteiger partial charge in [0.2, 0.25) is 0 Å². The summed E-state index contributed by atoms with van der Waals surface area (Å²) in [4.78, 5) is 16.1. The number of benzene rings is 1. The van der Waals surface area contributed by atoms with Crippen LogP contribution >= 0.6 is 0 Å². The Bertz CT molecular complexity index is 986. The van der Waals surface area contributed by atoms with E-state index in [-0.39, 0.29) is 5.56 Å². The number of nitrogens with zero attached hydrogens (tertiary/aromatic N) is 2. The molecule has 0 unspecified atom stereocenters. The van der Waals surface area contributed by atoms with E-state index in [1.165, 1.54) is 5.52 Å². The molecule has 2 aromatic heterocycles. The predicted molar refractivity (Wildman–Crippen MR) is 108 cm³/mol. The maximum atomic E-state index is 11.7. The van der Waals surface area contributed by atoms with E-state index < -0.39 is 5.97 Å². The number of pyridine rings is 1. The second-order valence-corrected chi connectivity index (χ2v) is 7.83. The molecule has 1 aliphatic carbocycles. The van der Waals surface area contributed by atoms with Crippen LogP contribution in [0, 0.1) is 5.92 Å². The van der Waals surface area contributed by atoms with Crippen molar-refractivity contribution >= 4 is 28.4 Å². The molecule has 27 heavy (non-hydrogen) atoms. The summed E-state index contributed by atoms with van der Waals surface area (Å²) in [7, 11) is 0. The second kappa shape index (κ2) is 7.06. The average Bonchev–Trinajstić information content (AvgIpc) is 3.41. The Morgan fingerprint density at radius 1 is 1.30 bits per heavy atom. The SMILES string of the molecule is CC(C)CCn1ccc2cc(Nc3ncc(C4CC4)cc3C(=O)O)ccc21. The average molecular weight is 363 g/mol. The molecule has 1 saturated carbocycles. The van der Waals surface area contributed by atoms with Gasteiger partial charge in [0.05, 0.1) is 0 Å². The summed E-state index contributed by atoms with van der Waals surface area (Å²) >= 11 is 0. The molecule has 3 aromatic rings. The Morgan fingerprint density at radius 2 is 2.11 bits per heavy atom. The minimum atomic E-state index is -0.951. The molecule has 2 heterocycles. The van der Waals surface area contributed by atoms with Crippen molar-refractivity contribution in [3.8, 4) is 0 Å². The number of aromatic nitrogens is 2.